The Kier molecular flexibility index (Phi) is 6.54. The zero-order chi connectivity index (χ0) is 16.9. The molecule has 4 N–H and O–H groups in total. The van der Waals surface area contributed by atoms with Crippen LogP contribution >= 0.6 is 0 Å². The Bertz CT molecular complexity index is 583. The number of carboxylic acid groups (broad SMARTS) is 1. The number of aryl methyl sites for hydroxylation is 1. The summed E-state index contributed by atoms with van der Waals surface area (Å²) in [6, 6.07) is -0.165. The first-order chi connectivity index (χ1) is 10.4. The van der Waals surface area contributed by atoms with Gasteiger partial charge in [0.05, 0.1) is 18.9 Å². The molecular formula is C14H22N2O6. The molecule has 0 saturated carbocycles. The van der Waals surface area contributed by atoms with Crippen LogP contribution in [-0.4, -0.2) is 62.2 Å². The van der Waals surface area contributed by atoms with Crippen LogP contribution in [0.2, 0.25) is 0 Å². The third-order valence-electron chi connectivity index (χ3n) is 3.52. The average molecular weight is 314 g/mol. The Labute approximate surface area is 127 Å². The first-order valence-corrected chi connectivity index (χ1v) is 6.98. The molecule has 8 nitrogen and oxygen atoms in total. The second kappa shape index (κ2) is 7.92. The van der Waals surface area contributed by atoms with Gasteiger partial charge in [0.25, 0.3) is 0 Å². The molecule has 1 unspecified atom stereocenters. The van der Waals surface area contributed by atoms with Crippen molar-refractivity contribution < 1.29 is 25.2 Å². The summed E-state index contributed by atoms with van der Waals surface area (Å²) in [5.74, 6) is -1.80. The fourth-order valence-electron chi connectivity index (χ4n) is 2.35. The molecule has 8 heteroatoms. The van der Waals surface area contributed by atoms with Crippen molar-refractivity contribution in [3.63, 3.8) is 0 Å². The van der Waals surface area contributed by atoms with Crippen molar-refractivity contribution in [3.8, 4) is 5.75 Å². The van der Waals surface area contributed by atoms with Gasteiger partial charge in [-0.15, -0.1) is 0 Å². The topological polar surface area (TPSA) is 123 Å². The van der Waals surface area contributed by atoms with Crippen molar-refractivity contribution in [2.75, 3.05) is 26.3 Å². The number of aliphatic hydroxyl groups is 2. The average Bonchev–Trinajstić information content (AvgIpc) is 2.46. The summed E-state index contributed by atoms with van der Waals surface area (Å²) >= 11 is 0. The van der Waals surface area contributed by atoms with Crippen LogP contribution in [0.5, 0.6) is 5.75 Å². The fourth-order valence-corrected chi connectivity index (χ4v) is 2.35. The number of aliphatic hydroxyl groups excluding tert-OH is 2. The smallest absolute Gasteiger partial charge is 0.329 e. The Morgan fingerprint density at radius 3 is 2.50 bits per heavy atom. The number of aromatic nitrogens is 1. The normalized spacial score (nSPS) is 12.6. The van der Waals surface area contributed by atoms with Gasteiger partial charge < -0.3 is 25.0 Å². The van der Waals surface area contributed by atoms with Gasteiger partial charge in [0.15, 0.2) is 11.8 Å². The number of hydrogen-bond donors (Lipinski definition) is 4. The van der Waals surface area contributed by atoms with Crippen LogP contribution in [-0.2, 0) is 11.3 Å². The van der Waals surface area contributed by atoms with Crippen molar-refractivity contribution >= 4 is 5.97 Å². The van der Waals surface area contributed by atoms with Gasteiger partial charge in [-0.3, -0.25) is 9.69 Å². The number of rotatable bonds is 8. The number of carbonyl (C=O) groups is 1. The van der Waals surface area contributed by atoms with Gasteiger partial charge in [0.1, 0.15) is 0 Å². The van der Waals surface area contributed by atoms with E-state index in [0.29, 0.717) is 18.8 Å². The van der Waals surface area contributed by atoms with E-state index in [2.05, 4.69) is 0 Å². The Hall–Kier alpha value is -1.90. The minimum absolute atomic E-state index is 0.0869. The largest absolute Gasteiger partial charge is 0.503 e. The van der Waals surface area contributed by atoms with Crippen LogP contribution < -0.4 is 5.43 Å². The highest BCUT2D eigenvalue weighted by Gasteiger charge is 2.25. The molecule has 1 rings (SSSR count). The minimum atomic E-state index is -1.30. The number of aliphatic carboxylic acids is 1. The molecule has 1 atom stereocenters. The zero-order valence-electron chi connectivity index (χ0n) is 12.7. The quantitative estimate of drug-likeness (QED) is 0.500. The van der Waals surface area contributed by atoms with Crippen molar-refractivity contribution in [2.24, 2.45) is 0 Å². The highest BCUT2D eigenvalue weighted by Crippen LogP contribution is 2.21. The number of carboxylic acids is 1. The van der Waals surface area contributed by atoms with E-state index in [1.165, 1.54) is 11.5 Å². The summed E-state index contributed by atoms with van der Waals surface area (Å²) in [6.45, 7) is 3.55. The molecule has 1 heterocycles. The van der Waals surface area contributed by atoms with E-state index >= 15 is 0 Å². The predicted octanol–water partition coefficient (Wildman–Crippen LogP) is -0.705. The van der Waals surface area contributed by atoms with Crippen molar-refractivity contribution in [2.45, 2.75) is 26.4 Å². The van der Waals surface area contributed by atoms with Crippen LogP contribution in [0.1, 0.15) is 24.4 Å². The molecule has 1 aromatic heterocycles. The summed E-state index contributed by atoms with van der Waals surface area (Å²) in [7, 11) is 0. The first-order valence-electron chi connectivity index (χ1n) is 6.98. The maximum Gasteiger partial charge on any atom is 0.329 e. The lowest BCUT2D eigenvalue weighted by Gasteiger charge is -2.26. The third kappa shape index (κ3) is 3.85. The summed E-state index contributed by atoms with van der Waals surface area (Å²) in [5, 5.41) is 37.6. The Morgan fingerprint density at radius 2 is 2.05 bits per heavy atom. The minimum Gasteiger partial charge on any atom is -0.503 e. The van der Waals surface area contributed by atoms with Gasteiger partial charge in [-0.25, -0.2) is 4.79 Å². The molecule has 0 aromatic carbocycles. The molecule has 0 aliphatic carbocycles. The van der Waals surface area contributed by atoms with E-state index in [4.69, 9.17) is 5.11 Å². The summed E-state index contributed by atoms with van der Waals surface area (Å²) < 4.78 is 1.25. The van der Waals surface area contributed by atoms with Gasteiger partial charge in [-0.1, -0.05) is 6.92 Å². The van der Waals surface area contributed by atoms with Gasteiger partial charge in [0.2, 0.25) is 5.43 Å². The van der Waals surface area contributed by atoms with Gasteiger partial charge >= 0.3 is 5.97 Å². The molecule has 0 saturated heterocycles. The Morgan fingerprint density at radius 1 is 1.41 bits per heavy atom. The highest BCUT2D eigenvalue weighted by atomic mass is 16.4. The highest BCUT2D eigenvalue weighted by molar-refractivity contribution is 5.72. The van der Waals surface area contributed by atoms with Crippen molar-refractivity contribution in [3.05, 3.63) is 27.7 Å². The molecule has 0 spiro atoms. The molecule has 0 bridgehead atoms. The lowest BCUT2D eigenvalue weighted by atomic mass is 10.2. The van der Waals surface area contributed by atoms with Crippen LogP contribution in [0, 0.1) is 6.92 Å². The van der Waals surface area contributed by atoms with Crippen molar-refractivity contribution in [1.29, 1.82) is 0 Å². The van der Waals surface area contributed by atoms with E-state index in [-0.39, 0.29) is 18.8 Å². The third-order valence-corrected chi connectivity index (χ3v) is 3.52. The monoisotopic (exact) mass is 314 g/mol. The number of hydrogen-bond acceptors (Lipinski definition) is 6. The maximum atomic E-state index is 11.8. The van der Waals surface area contributed by atoms with Gasteiger partial charge in [-0.05, 0) is 13.5 Å². The zero-order valence-corrected chi connectivity index (χ0v) is 12.7. The SMILES string of the molecule is CCN(CCO)Cc1c(O)c(=O)cc(C)n1C(CO)C(=O)O. The van der Waals surface area contributed by atoms with Crippen LogP contribution in [0.4, 0.5) is 0 Å². The molecule has 1 aromatic rings. The van der Waals surface area contributed by atoms with E-state index in [1.807, 2.05) is 6.92 Å². The molecule has 0 aliphatic rings. The first kappa shape index (κ1) is 18.1. The molecule has 0 fully saturated rings. The van der Waals surface area contributed by atoms with Crippen LogP contribution in [0.25, 0.3) is 0 Å². The standard InChI is InChI=1S/C14H22N2O6/c1-3-15(4-5-17)7-10-13(20)12(19)6-9(2)16(10)11(8-18)14(21)22/h6,11,17-18,20H,3-5,7-8H2,1-2H3,(H,21,22). The van der Waals surface area contributed by atoms with Crippen LogP contribution in [0.15, 0.2) is 10.9 Å². The second-order valence-corrected chi connectivity index (χ2v) is 4.94. The summed E-state index contributed by atoms with van der Waals surface area (Å²) in [5.41, 5.74) is -0.160. The molecular weight excluding hydrogens is 292 g/mol. The van der Waals surface area contributed by atoms with E-state index < -0.39 is 29.8 Å². The number of aromatic hydroxyl groups is 1. The summed E-state index contributed by atoms with van der Waals surface area (Å²) in [6.07, 6.45) is 0. The lowest BCUT2D eigenvalue weighted by molar-refractivity contribution is -0.142. The van der Waals surface area contributed by atoms with Crippen molar-refractivity contribution in [1.82, 2.24) is 9.47 Å². The summed E-state index contributed by atoms with van der Waals surface area (Å²) in [4.78, 5) is 24.8. The maximum absolute atomic E-state index is 11.8. The number of pyridine rings is 1. The molecule has 0 amide bonds. The molecule has 22 heavy (non-hydrogen) atoms. The van der Waals surface area contributed by atoms with E-state index in [9.17, 15) is 24.9 Å². The number of nitrogens with zero attached hydrogens (tertiary/aromatic N) is 2. The molecule has 0 radical (unpaired) electrons. The van der Waals surface area contributed by atoms with Gasteiger partial charge in [0, 0.05) is 24.8 Å². The lowest BCUT2D eigenvalue weighted by Crippen LogP contribution is -2.33. The Balaban J connectivity index is 3.45. The molecule has 0 aliphatic heterocycles. The van der Waals surface area contributed by atoms with Crippen LogP contribution in [0.3, 0.4) is 0 Å². The van der Waals surface area contributed by atoms with Gasteiger partial charge in [-0.2, -0.15) is 0 Å². The second-order valence-electron chi connectivity index (χ2n) is 4.94. The predicted molar refractivity (Wildman–Crippen MR) is 78.9 cm³/mol. The molecule has 124 valence electrons. The van der Waals surface area contributed by atoms with E-state index in [0.717, 1.165) is 6.07 Å². The number of likely N-dealkylation sites (N-methyl/N-ethyl adjacent to an activating group) is 1. The van der Waals surface area contributed by atoms with E-state index in [1.54, 1.807) is 4.90 Å². The fraction of sp³-hybridized carbons (Fsp3) is 0.571.